The first-order chi connectivity index (χ1) is 14.0. The molecule has 2 rings (SSSR count). The Kier molecular flexibility index (Phi) is 9.67. The summed E-state index contributed by atoms with van der Waals surface area (Å²) in [4.78, 5) is 30.3. The molecule has 0 bridgehead atoms. The van der Waals surface area contributed by atoms with Crippen molar-refractivity contribution >= 4 is 17.8 Å². The summed E-state index contributed by atoms with van der Waals surface area (Å²) in [6, 6.07) is 17.0. The molecule has 30 heavy (non-hydrogen) atoms. The molecule has 8 nitrogen and oxygen atoms in total. The first-order valence-corrected chi connectivity index (χ1v) is 9.32. The Morgan fingerprint density at radius 3 is 1.53 bits per heavy atom. The molecule has 0 aliphatic carbocycles. The summed E-state index contributed by atoms with van der Waals surface area (Å²) < 4.78 is 0. The van der Waals surface area contributed by atoms with Crippen LogP contribution in [0.3, 0.4) is 0 Å². The number of hydrogen-bond acceptors (Lipinski definition) is 5. The van der Waals surface area contributed by atoms with Crippen molar-refractivity contribution in [3.63, 3.8) is 0 Å². The van der Waals surface area contributed by atoms with E-state index in [1.54, 1.807) is 0 Å². The van der Waals surface area contributed by atoms with Gasteiger partial charge in [-0.25, -0.2) is 9.59 Å². The Morgan fingerprint density at radius 1 is 0.800 bits per heavy atom. The predicted octanol–water partition coefficient (Wildman–Crippen LogP) is 1.77. The number of amides is 1. The van der Waals surface area contributed by atoms with Crippen LogP contribution in [0, 0.1) is 0 Å². The van der Waals surface area contributed by atoms with Gasteiger partial charge in [0, 0.05) is 6.42 Å². The fraction of sp³-hybridized carbons (Fsp3) is 0.318. The van der Waals surface area contributed by atoms with Gasteiger partial charge < -0.3 is 26.2 Å². The molecule has 0 spiro atoms. The summed E-state index contributed by atoms with van der Waals surface area (Å²) >= 11 is 0. The highest BCUT2D eigenvalue weighted by atomic mass is 16.4. The van der Waals surface area contributed by atoms with E-state index in [1.807, 2.05) is 0 Å². The lowest BCUT2D eigenvalue weighted by Gasteiger charge is -2.08. The number of aryl methyl sites for hydroxylation is 1. The lowest BCUT2D eigenvalue weighted by atomic mass is 9.98. The van der Waals surface area contributed by atoms with Crippen LogP contribution >= 0.6 is 0 Å². The molecule has 2 atom stereocenters. The molecule has 0 radical (unpaired) electrons. The number of rotatable bonds is 8. The SMILES string of the molecule is CC(C)c1ccc(-c2ccc(CCC(N)=O)cc2)cc1.O=C(O)C(O)C(O)C(=O)O. The molecular formula is C22H27NO7. The van der Waals surface area contributed by atoms with Gasteiger partial charge in [-0.15, -0.1) is 0 Å². The highest BCUT2D eigenvalue weighted by molar-refractivity contribution is 5.83. The summed E-state index contributed by atoms with van der Waals surface area (Å²) in [6.07, 6.45) is -3.42. The molecule has 162 valence electrons. The minimum atomic E-state index is -2.27. The molecule has 0 aliphatic rings. The molecule has 0 saturated heterocycles. The minimum absolute atomic E-state index is 0.252. The van der Waals surface area contributed by atoms with Gasteiger partial charge in [-0.05, 0) is 34.6 Å². The molecule has 6 N–H and O–H groups in total. The largest absolute Gasteiger partial charge is 0.479 e. The second kappa shape index (κ2) is 11.7. The zero-order valence-corrected chi connectivity index (χ0v) is 16.9. The summed E-state index contributed by atoms with van der Waals surface area (Å²) in [7, 11) is 0. The van der Waals surface area contributed by atoms with E-state index in [1.165, 1.54) is 16.7 Å². The third kappa shape index (κ3) is 8.02. The Hall–Kier alpha value is -3.23. The second-order valence-electron chi connectivity index (χ2n) is 7.01. The van der Waals surface area contributed by atoms with Crippen LogP contribution in [0.5, 0.6) is 0 Å². The van der Waals surface area contributed by atoms with Gasteiger partial charge in [0.25, 0.3) is 0 Å². The van der Waals surface area contributed by atoms with Crippen molar-refractivity contribution in [3.8, 4) is 11.1 Å². The average molecular weight is 417 g/mol. The number of benzene rings is 2. The number of carbonyl (C=O) groups excluding carboxylic acids is 1. The Morgan fingerprint density at radius 2 is 1.20 bits per heavy atom. The predicted molar refractivity (Wildman–Crippen MR) is 111 cm³/mol. The number of aliphatic hydroxyl groups excluding tert-OH is 2. The van der Waals surface area contributed by atoms with Crippen molar-refractivity contribution in [1.82, 2.24) is 0 Å². The van der Waals surface area contributed by atoms with Crippen molar-refractivity contribution in [2.45, 2.75) is 44.8 Å². The van der Waals surface area contributed by atoms with E-state index in [4.69, 9.17) is 26.2 Å². The zero-order valence-electron chi connectivity index (χ0n) is 16.9. The quantitative estimate of drug-likeness (QED) is 0.438. The van der Waals surface area contributed by atoms with Crippen LogP contribution in [0.25, 0.3) is 11.1 Å². The zero-order chi connectivity index (χ0) is 22.8. The van der Waals surface area contributed by atoms with Crippen LogP contribution in [0.15, 0.2) is 48.5 Å². The van der Waals surface area contributed by atoms with Crippen LogP contribution in [-0.2, 0) is 20.8 Å². The van der Waals surface area contributed by atoms with E-state index >= 15 is 0 Å². The third-order valence-electron chi connectivity index (χ3n) is 4.33. The number of carboxylic acids is 2. The number of nitrogens with two attached hydrogens (primary N) is 1. The summed E-state index contributed by atoms with van der Waals surface area (Å²) in [6.45, 7) is 4.39. The van der Waals surface area contributed by atoms with Crippen molar-refractivity contribution < 1.29 is 34.8 Å². The number of primary amides is 1. The maximum atomic E-state index is 10.8. The van der Waals surface area contributed by atoms with Crippen LogP contribution in [-0.4, -0.2) is 50.5 Å². The van der Waals surface area contributed by atoms with Crippen molar-refractivity contribution in [2.24, 2.45) is 5.73 Å². The van der Waals surface area contributed by atoms with Gasteiger partial charge in [-0.1, -0.05) is 62.4 Å². The molecule has 0 fully saturated rings. The van der Waals surface area contributed by atoms with Gasteiger partial charge in [0.1, 0.15) is 0 Å². The standard InChI is InChI=1S/C18H21NO.C4H6O6/c1-13(2)15-8-10-17(11-9-15)16-6-3-14(4-7-16)5-12-18(19)20;5-1(3(7)8)2(6)4(9)10/h3-4,6-11,13H,5,12H2,1-2H3,(H2,19,20);1-2,5-6H,(H,7,8)(H,9,10). The molecule has 0 heterocycles. The number of aliphatic carboxylic acids is 2. The molecule has 2 unspecified atom stereocenters. The minimum Gasteiger partial charge on any atom is -0.479 e. The molecular weight excluding hydrogens is 390 g/mol. The van der Waals surface area contributed by atoms with Crippen molar-refractivity contribution in [2.75, 3.05) is 0 Å². The van der Waals surface area contributed by atoms with E-state index in [-0.39, 0.29) is 5.91 Å². The molecule has 0 aliphatic heterocycles. The average Bonchev–Trinajstić information content (AvgIpc) is 2.71. The fourth-order valence-corrected chi connectivity index (χ4v) is 2.46. The maximum Gasteiger partial charge on any atom is 0.335 e. The lowest BCUT2D eigenvalue weighted by molar-refractivity contribution is -0.165. The second-order valence-corrected chi connectivity index (χ2v) is 7.01. The normalized spacial score (nSPS) is 12.4. The van der Waals surface area contributed by atoms with Crippen LogP contribution in [0.4, 0.5) is 0 Å². The van der Waals surface area contributed by atoms with Gasteiger partial charge in [-0.2, -0.15) is 0 Å². The van der Waals surface area contributed by atoms with E-state index in [2.05, 4.69) is 62.4 Å². The molecule has 8 heteroatoms. The highest BCUT2D eigenvalue weighted by Crippen LogP contribution is 2.23. The molecule has 2 aromatic rings. The van der Waals surface area contributed by atoms with E-state index < -0.39 is 24.1 Å². The first kappa shape index (κ1) is 24.8. The summed E-state index contributed by atoms with van der Waals surface area (Å²) in [5.41, 5.74) is 10.1. The van der Waals surface area contributed by atoms with E-state index in [0.29, 0.717) is 18.8 Å². The smallest absolute Gasteiger partial charge is 0.335 e. The van der Waals surface area contributed by atoms with Gasteiger partial charge in [0.05, 0.1) is 0 Å². The van der Waals surface area contributed by atoms with E-state index in [0.717, 1.165) is 5.56 Å². The molecule has 0 saturated carbocycles. The van der Waals surface area contributed by atoms with Gasteiger partial charge in [0.2, 0.25) is 5.91 Å². The Bertz CT molecular complexity index is 827. The molecule has 1 amide bonds. The van der Waals surface area contributed by atoms with Gasteiger partial charge >= 0.3 is 11.9 Å². The van der Waals surface area contributed by atoms with Crippen LogP contribution < -0.4 is 5.73 Å². The van der Waals surface area contributed by atoms with Crippen LogP contribution in [0.2, 0.25) is 0 Å². The van der Waals surface area contributed by atoms with Crippen molar-refractivity contribution in [1.29, 1.82) is 0 Å². The highest BCUT2D eigenvalue weighted by Gasteiger charge is 2.29. The Labute approximate surface area is 174 Å². The van der Waals surface area contributed by atoms with Gasteiger partial charge in [-0.3, -0.25) is 4.79 Å². The van der Waals surface area contributed by atoms with Crippen LogP contribution in [0.1, 0.15) is 37.3 Å². The van der Waals surface area contributed by atoms with Gasteiger partial charge in [0.15, 0.2) is 12.2 Å². The number of aliphatic hydroxyl groups is 2. The number of carboxylic acid groups (broad SMARTS) is 2. The fourth-order valence-electron chi connectivity index (χ4n) is 2.46. The maximum absolute atomic E-state index is 10.8. The Balaban J connectivity index is 0.000000382. The topological polar surface area (TPSA) is 158 Å². The third-order valence-corrected chi connectivity index (χ3v) is 4.33. The molecule has 2 aromatic carbocycles. The van der Waals surface area contributed by atoms with E-state index in [9.17, 15) is 14.4 Å². The van der Waals surface area contributed by atoms with Crippen molar-refractivity contribution in [3.05, 3.63) is 59.7 Å². The number of hydrogen-bond donors (Lipinski definition) is 5. The molecule has 0 aromatic heterocycles. The lowest BCUT2D eigenvalue weighted by Crippen LogP contribution is -2.39. The number of carbonyl (C=O) groups is 3. The first-order valence-electron chi connectivity index (χ1n) is 9.32. The monoisotopic (exact) mass is 417 g/mol. The summed E-state index contributed by atoms with van der Waals surface area (Å²) in [5.74, 6) is -3.23. The summed E-state index contributed by atoms with van der Waals surface area (Å²) in [5, 5.41) is 32.5.